The summed E-state index contributed by atoms with van der Waals surface area (Å²) in [6.45, 7) is 0.801. The molecule has 3 aromatic carbocycles. The van der Waals surface area contributed by atoms with Crippen LogP contribution in [-0.2, 0) is 12.8 Å². The van der Waals surface area contributed by atoms with Gasteiger partial charge in [-0.15, -0.1) is 0 Å². The molecule has 1 heterocycles. The topological polar surface area (TPSA) is 44.5 Å². The Morgan fingerprint density at radius 2 is 1.66 bits per heavy atom. The van der Waals surface area contributed by atoms with E-state index in [1.807, 2.05) is 0 Å². The predicted octanol–water partition coefficient (Wildman–Crippen LogP) is 5.73. The summed E-state index contributed by atoms with van der Waals surface area (Å²) in [5.74, 6) is 1.87. The first-order valence-corrected chi connectivity index (χ1v) is 10.5. The smallest absolute Gasteiger partial charge is 0.126 e. The Balaban J connectivity index is 0.00000117. The molecule has 0 saturated heterocycles. The molecule has 3 heteroatoms. The molecular formula is C26H31NO2. The van der Waals surface area contributed by atoms with Crippen molar-refractivity contribution in [2.24, 2.45) is 5.73 Å². The van der Waals surface area contributed by atoms with E-state index in [0.29, 0.717) is 0 Å². The van der Waals surface area contributed by atoms with Crippen molar-refractivity contribution in [2.75, 3.05) is 13.7 Å². The van der Waals surface area contributed by atoms with Gasteiger partial charge in [-0.3, -0.25) is 0 Å². The fraction of sp³-hybridized carbons (Fsp3) is 0.308. The van der Waals surface area contributed by atoms with Gasteiger partial charge in [0.05, 0.1) is 6.61 Å². The van der Waals surface area contributed by atoms with E-state index in [1.165, 1.54) is 23.7 Å². The average Bonchev–Trinajstić information content (AvgIpc) is 2.81. The molecule has 0 amide bonds. The highest BCUT2D eigenvalue weighted by molar-refractivity contribution is 5.42. The lowest BCUT2D eigenvalue weighted by Crippen LogP contribution is -2.11. The first kappa shape index (κ1) is 20.9. The lowest BCUT2D eigenvalue weighted by molar-refractivity contribution is 0.190. The highest BCUT2D eigenvalue weighted by atomic mass is 16.5. The van der Waals surface area contributed by atoms with Gasteiger partial charge >= 0.3 is 0 Å². The number of benzene rings is 3. The van der Waals surface area contributed by atoms with Crippen molar-refractivity contribution in [3.05, 3.63) is 95.6 Å². The summed E-state index contributed by atoms with van der Waals surface area (Å²) in [4.78, 5) is 0. The number of ether oxygens (including phenoxy) is 2. The molecule has 0 bridgehead atoms. The molecule has 0 aliphatic carbocycles. The van der Waals surface area contributed by atoms with Crippen LogP contribution in [0.5, 0.6) is 11.5 Å². The van der Waals surface area contributed by atoms with Gasteiger partial charge in [-0.05, 0) is 61.9 Å². The Kier molecular flexibility index (Phi) is 8.14. The van der Waals surface area contributed by atoms with E-state index in [4.69, 9.17) is 9.47 Å². The molecule has 3 aromatic rings. The molecule has 3 nitrogen and oxygen atoms in total. The number of rotatable bonds is 7. The molecule has 0 spiro atoms. The van der Waals surface area contributed by atoms with Crippen LogP contribution in [0.3, 0.4) is 0 Å². The summed E-state index contributed by atoms with van der Waals surface area (Å²) in [6, 6.07) is 27.5. The van der Waals surface area contributed by atoms with Crippen molar-refractivity contribution < 1.29 is 9.47 Å². The molecule has 1 aliphatic rings. The third kappa shape index (κ3) is 6.10. The molecule has 1 atom stereocenters. The minimum Gasteiger partial charge on any atom is -0.493 e. The zero-order chi connectivity index (χ0) is 20.3. The second-order valence-corrected chi connectivity index (χ2v) is 7.12. The van der Waals surface area contributed by atoms with Gasteiger partial charge in [0.15, 0.2) is 0 Å². The van der Waals surface area contributed by atoms with Crippen molar-refractivity contribution in [3.8, 4) is 11.5 Å². The van der Waals surface area contributed by atoms with Crippen LogP contribution in [0.25, 0.3) is 0 Å². The Labute approximate surface area is 174 Å². The lowest BCUT2D eigenvalue weighted by atomic mass is 10.0. The monoisotopic (exact) mass is 389 g/mol. The predicted molar refractivity (Wildman–Crippen MR) is 120 cm³/mol. The van der Waals surface area contributed by atoms with Crippen molar-refractivity contribution >= 4 is 0 Å². The molecule has 1 aliphatic heterocycles. The average molecular weight is 390 g/mol. The zero-order valence-electron chi connectivity index (χ0n) is 17.2. The molecule has 0 saturated carbocycles. The van der Waals surface area contributed by atoms with Gasteiger partial charge in [-0.2, -0.15) is 0 Å². The van der Waals surface area contributed by atoms with Gasteiger partial charge in [0.1, 0.15) is 17.6 Å². The summed E-state index contributed by atoms with van der Waals surface area (Å²) in [7, 11) is 1.50. The maximum absolute atomic E-state index is 6.42. The van der Waals surface area contributed by atoms with Crippen LogP contribution in [0.1, 0.15) is 42.1 Å². The fourth-order valence-electron chi connectivity index (χ4n) is 3.66. The Morgan fingerprint density at radius 3 is 2.41 bits per heavy atom. The quantitative estimate of drug-likeness (QED) is 0.561. The van der Waals surface area contributed by atoms with Crippen molar-refractivity contribution in [1.29, 1.82) is 0 Å². The molecular weight excluding hydrogens is 358 g/mol. The highest BCUT2D eigenvalue weighted by Crippen LogP contribution is 2.32. The normalized spacial score (nSPS) is 13.3. The van der Waals surface area contributed by atoms with Gasteiger partial charge in [0.2, 0.25) is 0 Å². The Hall–Kier alpha value is -2.78. The maximum Gasteiger partial charge on any atom is 0.126 e. The van der Waals surface area contributed by atoms with Crippen LogP contribution in [0.4, 0.5) is 0 Å². The molecule has 2 N–H and O–H groups in total. The molecule has 152 valence electrons. The SMILES string of the molecule is CN.c1ccc(CCCC(Oc2ccc3c(c2)OCCC3)c2ccccc2)cc1. The summed E-state index contributed by atoms with van der Waals surface area (Å²) in [5, 5.41) is 0. The number of nitrogens with two attached hydrogens (primary N) is 1. The van der Waals surface area contributed by atoms with E-state index >= 15 is 0 Å². The van der Waals surface area contributed by atoms with E-state index in [0.717, 1.165) is 50.2 Å². The third-order valence-electron chi connectivity index (χ3n) is 5.11. The maximum atomic E-state index is 6.42. The summed E-state index contributed by atoms with van der Waals surface area (Å²) >= 11 is 0. The van der Waals surface area contributed by atoms with E-state index in [9.17, 15) is 0 Å². The van der Waals surface area contributed by atoms with E-state index in [2.05, 4.69) is 84.6 Å². The van der Waals surface area contributed by atoms with Crippen molar-refractivity contribution in [2.45, 2.75) is 38.2 Å². The molecule has 0 radical (unpaired) electrons. The van der Waals surface area contributed by atoms with Gasteiger partial charge in [-0.1, -0.05) is 66.7 Å². The van der Waals surface area contributed by atoms with E-state index in [-0.39, 0.29) is 6.10 Å². The first-order chi connectivity index (χ1) is 14.4. The largest absolute Gasteiger partial charge is 0.493 e. The molecule has 0 fully saturated rings. The number of hydrogen-bond acceptors (Lipinski definition) is 3. The van der Waals surface area contributed by atoms with Crippen LogP contribution < -0.4 is 15.2 Å². The van der Waals surface area contributed by atoms with Crippen LogP contribution in [0.2, 0.25) is 0 Å². The van der Waals surface area contributed by atoms with Crippen LogP contribution >= 0.6 is 0 Å². The molecule has 0 aromatic heterocycles. The van der Waals surface area contributed by atoms with Crippen LogP contribution in [0.15, 0.2) is 78.9 Å². The van der Waals surface area contributed by atoms with Crippen LogP contribution in [0, 0.1) is 0 Å². The second kappa shape index (κ2) is 11.3. The van der Waals surface area contributed by atoms with E-state index in [1.54, 1.807) is 0 Å². The van der Waals surface area contributed by atoms with Gasteiger partial charge in [-0.25, -0.2) is 0 Å². The summed E-state index contributed by atoms with van der Waals surface area (Å²) in [5.41, 5.74) is 8.39. The molecule has 1 unspecified atom stereocenters. The van der Waals surface area contributed by atoms with Gasteiger partial charge in [0.25, 0.3) is 0 Å². The molecule has 29 heavy (non-hydrogen) atoms. The zero-order valence-corrected chi connectivity index (χ0v) is 17.2. The highest BCUT2D eigenvalue weighted by Gasteiger charge is 2.16. The number of hydrogen-bond donors (Lipinski definition) is 1. The first-order valence-electron chi connectivity index (χ1n) is 10.5. The number of fused-ring (bicyclic) bond motifs is 1. The molecule has 4 rings (SSSR count). The number of aryl methyl sites for hydroxylation is 2. The second-order valence-electron chi connectivity index (χ2n) is 7.12. The third-order valence-corrected chi connectivity index (χ3v) is 5.11. The summed E-state index contributed by atoms with van der Waals surface area (Å²) < 4.78 is 12.2. The van der Waals surface area contributed by atoms with Gasteiger partial charge in [0, 0.05) is 6.07 Å². The van der Waals surface area contributed by atoms with Crippen LogP contribution in [-0.4, -0.2) is 13.7 Å². The standard InChI is InChI=1S/C25H26O2.CH5N/c1-3-9-20(10-4-1)11-7-15-24(21-12-5-2-6-13-21)27-23-17-16-22-14-8-18-26-25(22)19-23;1-2/h1-6,9-10,12-13,16-17,19,24H,7-8,11,14-15,18H2;2H2,1H3. The Morgan fingerprint density at radius 1 is 0.931 bits per heavy atom. The fourth-order valence-corrected chi connectivity index (χ4v) is 3.66. The Bertz CT molecular complexity index is 849. The van der Waals surface area contributed by atoms with Gasteiger partial charge < -0.3 is 15.2 Å². The van der Waals surface area contributed by atoms with Crippen molar-refractivity contribution in [3.63, 3.8) is 0 Å². The minimum absolute atomic E-state index is 0.0524. The van der Waals surface area contributed by atoms with E-state index < -0.39 is 0 Å². The lowest BCUT2D eigenvalue weighted by Gasteiger charge is -2.22. The summed E-state index contributed by atoms with van der Waals surface area (Å²) in [6.07, 6.45) is 5.38. The minimum atomic E-state index is 0.0524. The van der Waals surface area contributed by atoms with Crippen molar-refractivity contribution in [1.82, 2.24) is 0 Å².